The summed E-state index contributed by atoms with van der Waals surface area (Å²) in [6.07, 6.45) is 2.00. The fourth-order valence-corrected chi connectivity index (χ4v) is 4.44. The van der Waals surface area contributed by atoms with Crippen LogP contribution in [0.5, 0.6) is 0 Å². The van der Waals surface area contributed by atoms with E-state index in [-0.39, 0.29) is 5.75 Å². The molecule has 0 radical (unpaired) electrons. The third-order valence-corrected chi connectivity index (χ3v) is 6.25. The molecule has 0 aliphatic heterocycles. The van der Waals surface area contributed by atoms with E-state index >= 15 is 0 Å². The number of aryl methyl sites for hydroxylation is 1. The molecule has 0 aromatic carbocycles. The first-order valence-corrected chi connectivity index (χ1v) is 10.4. The molecule has 0 fully saturated rings. The van der Waals surface area contributed by atoms with Gasteiger partial charge in [-0.15, -0.1) is 0 Å². The van der Waals surface area contributed by atoms with Gasteiger partial charge in [-0.05, 0) is 22.0 Å². The molecule has 7 nitrogen and oxygen atoms in total. The monoisotopic (exact) mass is 421 g/mol. The zero-order chi connectivity index (χ0) is 18.3. The fourth-order valence-electron chi connectivity index (χ4n) is 2.46. The summed E-state index contributed by atoms with van der Waals surface area (Å²) in [5, 5.41) is 3.12. The number of sulfonamides is 1. The van der Waals surface area contributed by atoms with Gasteiger partial charge in [0.2, 0.25) is 10.0 Å². The number of hydrogen-bond acceptors (Lipinski definition) is 3. The van der Waals surface area contributed by atoms with Gasteiger partial charge in [-0.3, -0.25) is 4.99 Å². The van der Waals surface area contributed by atoms with E-state index in [1.165, 1.54) is 4.31 Å². The van der Waals surface area contributed by atoms with Crippen LogP contribution in [0.3, 0.4) is 0 Å². The summed E-state index contributed by atoms with van der Waals surface area (Å²) in [6.45, 7) is 5.68. The largest absolute Gasteiger partial charge is 0.355 e. The molecule has 0 saturated carbocycles. The highest BCUT2D eigenvalue weighted by atomic mass is 79.9. The molecule has 0 unspecified atom stereocenters. The number of aromatic nitrogens is 1. The topological polar surface area (TPSA) is 69.9 Å². The van der Waals surface area contributed by atoms with Crippen molar-refractivity contribution in [2.45, 2.75) is 20.4 Å². The van der Waals surface area contributed by atoms with E-state index in [1.54, 1.807) is 7.05 Å². The summed E-state index contributed by atoms with van der Waals surface area (Å²) >= 11 is 3.46. The zero-order valence-corrected chi connectivity index (χ0v) is 17.5. The zero-order valence-electron chi connectivity index (χ0n) is 15.1. The third-order valence-electron chi connectivity index (χ3n) is 3.79. The first-order valence-electron chi connectivity index (χ1n) is 7.95. The predicted molar refractivity (Wildman–Crippen MR) is 103 cm³/mol. The summed E-state index contributed by atoms with van der Waals surface area (Å²) in [4.78, 5) is 6.19. The fraction of sp³-hybridized carbons (Fsp3) is 0.667. The van der Waals surface area contributed by atoms with Crippen molar-refractivity contribution in [3.8, 4) is 0 Å². The van der Waals surface area contributed by atoms with Gasteiger partial charge in [-0.25, -0.2) is 12.7 Å². The number of rotatable bonds is 8. The van der Waals surface area contributed by atoms with E-state index in [0.717, 1.165) is 10.2 Å². The summed E-state index contributed by atoms with van der Waals surface area (Å²) < 4.78 is 28.9. The Balaban J connectivity index is 2.60. The number of halogens is 1. The van der Waals surface area contributed by atoms with Crippen LogP contribution in [0.1, 0.15) is 19.5 Å². The Kier molecular flexibility index (Phi) is 8.24. The molecule has 1 heterocycles. The molecule has 0 amide bonds. The third kappa shape index (κ3) is 5.78. The quantitative estimate of drug-likeness (QED) is 0.509. The average Bonchev–Trinajstić information content (AvgIpc) is 2.82. The highest BCUT2D eigenvalue weighted by Crippen LogP contribution is 2.14. The van der Waals surface area contributed by atoms with Crippen LogP contribution in [0.2, 0.25) is 0 Å². The molecule has 0 aliphatic carbocycles. The lowest BCUT2D eigenvalue weighted by atomic mass is 10.4. The van der Waals surface area contributed by atoms with Crippen LogP contribution in [0.25, 0.3) is 0 Å². The van der Waals surface area contributed by atoms with Gasteiger partial charge in [0.15, 0.2) is 5.96 Å². The van der Waals surface area contributed by atoms with Crippen molar-refractivity contribution in [3.63, 3.8) is 0 Å². The van der Waals surface area contributed by atoms with Crippen LogP contribution in [0.4, 0.5) is 0 Å². The molecule has 1 aromatic heterocycles. The molecule has 138 valence electrons. The van der Waals surface area contributed by atoms with Gasteiger partial charge in [-0.1, -0.05) is 13.8 Å². The number of guanidine groups is 1. The number of nitrogens with zero attached hydrogens (tertiary/aromatic N) is 4. The maximum absolute atomic E-state index is 12.2. The summed E-state index contributed by atoms with van der Waals surface area (Å²) in [6, 6.07) is 2.05. The first kappa shape index (κ1) is 21.0. The van der Waals surface area contributed by atoms with Crippen LogP contribution in [0, 0.1) is 0 Å². The lowest BCUT2D eigenvalue weighted by molar-refractivity contribution is 0.442. The van der Waals surface area contributed by atoms with Gasteiger partial charge in [0.25, 0.3) is 0 Å². The molecular weight excluding hydrogens is 394 g/mol. The van der Waals surface area contributed by atoms with Crippen molar-refractivity contribution in [2.24, 2.45) is 12.0 Å². The van der Waals surface area contributed by atoms with Crippen LogP contribution >= 0.6 is 15.9 Å². The lowest BCUT2D eigenvalue weighted by Gasteiger charge is -2.23. The Morgan fingerprint density at radius 2 is 2.00 bits per heavy atom. The predicted octanol–water partition coefficient (Wildman–Crippen LogP) is 1.47. The first-order chi connectivity index (χ1) is 11.2. The molecule has 1 aromatic rings. The highest BCUT2D eigenvalue weighted by molar-refractivity contribution is 9.10. The standard InChI is InChI=1S/C15H28BrN5O2S/c1-6-21(7-2)24(22,23)9-8-18-15(17-3)20(5)12-14-10-13(16)11-19(14)4/h10-11H,6-9,12H2,1-5H3,(H,17,18). The molecule has 9 heteroatoms. The Labute approximate surface area is 153 Å². The van der Waals surface area contributed by atoms with Crippen molar-refractivity contribution in [1.29, 1.82) is 0 Å². The molecule has 0 aliphatic rings. The smallest absolute Gasteiger partial charge is 0.215 e. The SMILES string of the molecule is CCN(CC)S(=O)(=O)CCNC(=NC)N(C)Cc1cc(Br)cn1C. The summed E-state index contributed by atoms with van der Waals surface area (Å²) in [5.41, 5.74) is 1.13. The van der Waals surface area contributed by atoms with Crippen molar-refractivity contribution >= 4 is 31.9 Å². The van der Waals surface area contributed by atoms with Gasteiger partial charge < -0.3 is 14.8 Å². The minimum atomic E-state index is -3.23. The van der Waals surface area contributed by atoms with E-state index in [9.17, 15) is 8.42 Å². The second-order valence-electron chi connectivity index (χ2n) is 5.49. The minimum Gasteiger partial charge on any atom is -0.355 e. The van der Waals surface area contributed by atoms with Crippen LogP contribution in [-0.2, 0) is 23.6 Å². The molecule has 0 spiro atoms. The molecule has 0 bridgehead atoms. The van der Waals surface area contributed by atoms with E-state index in [2.05, 4.69) is 32.3 Å². The minimum absolute atomic E-state index is 0.0528. The lowest BCUT2D eigenvalue weighted by Crippen LogP contribution is -2.42. The van der Waals surface area contributed by atoms with Crippen molar-refractivity contribution < 1.29 is 8.42 Å². The Hall–Kier alpha value is -1.06. The van der Waals surface area contributed by atoms with Crippen molar-refractivity contribution in [1.82, 2.24) is 19.1 Å². The van der Waals surface area contributed by atoms with Crippen LogP contribution in [-0.4, -0.2) is 67.6 Å². The van der Waals surface area contributed by atoms with E-state index in [4.69, 9.17) is 0 Å². The van der Waals surface area contributed by atoms with Gasteiger partial charge >= 0.3 is 0 Å². The van der Waals surface area contributed by atoms with Gasteiger partial charge in [0, 0.05) is 57.1 Å². The Bertz CT molecular complexity index is 653. The molecular formula is C15H28BrN5O2S. The maximum atomic E-state index is 12.2. The van der Waals surface area contributed by atoms with E-state index in [1.807, 2.05) is 43.6 Å². The van der Waals surface area contributed by atoms with Crippen molar-refractivity contribution in [3.05, 3.63) is 22.4 Å². The summed E-state index contributed by atoms with van der Waals surface area (Å²) in [5.74, 6) is 0.721. The number of nitrogens with one attached hydrogen (secondary N) is 1. The normalized spacial score (nSPS) is 12.7. The molecule has 24 heavy (non-hydrogen) atoms. The van der Waals surface area contributed by atoms with Gasteiger partial charge in [0.05, 0.1) is 12.3 Å². The van der Waals surface area contributed by atoms with E-state index in [0.29, 0.717) is 32.1 Å². The van der Waals surface area contributed by atoms with E-state index < -0.39 is 10.0 Å². The molecule has 0 atom stereocenters. The highest BCUT2D eigenvalue weighted by Gasteiger charge is 2.18. The number of hydrogen-bond donors (Lipinski definition) is 1. The second-order valence-corrected chi connectivity index (χ2v) is 8.50. The molecule has 1 N–H and O–H groups in total. The Morgan fingerprint density at radius 3 is 2.46 bits per heavy atom. The van der Waals surface area contributed by atoms with Crippen molar-refractivity contribution in [2.75, 3.05) is 39.5 Å². The van der Waals surface area contributed by atoms with Gasteiger partial charge in [-0.2, -0.15) is 0 Å². The Morgan fingerprint density at radius 1 is 1.38 bits per heavy atom. The molecule has 0 saturated heterocycles. The number of aliphatic imine (C=N–C) groups is 1. The second kappa shape index (κ2) is 9.43. The van der Waals surface area contributed by atoms with Crippen LogP contribution in [0.15, 0.2) is 21.7 Å². The van der Waals surface area contributed by atoms with Crippen LogP contribution < -0.4 is 5.32 Å². The van der Waals surface area contributed by atoms with Gasteiger partial charge in [0.1, 0.15) is 0 Å². The maximum Gasteiger partial charge on any atom is 0.215 e. The molecule has 1 rings (SSSR count). The summed E-state index contributed by atoms with van der Waals surface area (Å²) in [7, 11) is 2.38. The average molecular weight is 422 g/mol.